The molecule has 0 aromatic heterocycles. The average Bonchev–Trinajstić information content (AvgIpc) is 2.05. The molecule has 6 nitrogen and oxygen atoms in total. The Labute approximate surface area is 110 Å². The van der Waals surface area contributed by atoms with E-state index < -0.39 is 20.2 Å². The number of hydrogen-bond donors (Lipinski definition) is 0. The molecule has 0 bridgehead atoms. The van der Waals surface area contributed by atoms with Gasteiger partial charge in [0.1, 0.15) is 0 Å². The Morgan fingerprint density at radius 3 is 1.44 bits per heavy atom. The summed E-state index contributed by atoms with van der Waals surface area (Å²) in [6, 6.07) is 0. The van der Waals surface area contributed by atoms with Crippen LogP contribution in [0, 0.1) is 11.3 Å². The summed E-state index contributed by atoms with van der Waals surface area (Å²) in [5, 5.41) is 0. The van der Waals surface area contributed by atoms with E-state index in [0.717, 1.165) is 12.5 Å². The molecular weight excluding hydrogens is 280 g/mol. The molecule has 0 N–H and O–H groups in total. The van der Waals surface area contributed by atoms with Crippen molar-refractivity contribution in [3.8, 4) is 0 Å². The van der Waals surface area contributed by atoms with Crippen LogP contribution in [0.1, 0.15) is 27.2 Å². The third-order valence-corrected chi connectivity index (χ3v) is 3.07. The van der Waals surface area contributed by atoms with Crippen LogP contribution in [-0.4, -0.2) is 42.6 Å². The van der Waals surface area contributed by atoms with E-state index in [0.29, 0.717) is 6.42 Å². The summed E-state index contributed by atoms with van der Waals surface area (Å²) in [4.78, 5) is 0. The minimum Gasteiger partial charge on any atom is -0.270 e. The van der Waals surface area contributed by atoms with Crippen LogP contribution in [0.2, 0.25) is 0 Å². The lowest BCUT2D eigenvalue weighted by molar-refractivity contribution is 0.145. The molecule has 0 rings (SSSR count). The quantitative estimate of drug-likeness (QED) is 0.652. The molecule has 0 unspecified atom stereocenters. The van der Waals surface area contributed by atoms with Gasteiger partial charge in [0.25, 0.3) is 20.2 Å². The van der Waals surface area contributed by atoms with Crippen LogP contribution < -0.4 is 0 Å². The molecule has 0 aromatic carbocycles. The van der Waals surface area contributed by atoms with Crippen molar-refractivity contribution in [3.05, 3.63) is 0 Å². The van der Waals surface area contributed by atoms with Crippen molar-refractivity contribution < 1.29 is 25.2 Å². The summed E-state index contributed by atoms with van der Waals surface area (Å²) in [5.74, 6) is -0.297. The summed E-state index contributed by atoms with van der Waals surface area (Å²) in [5.41, 5.74) is -0.0770. The third kappa shape index (κ3) is 12.3. The molecule has 0 aliphatic carbocycles. The molecule has 18 heavy (non-hydrogen) atoms. The molecule has 8 heteroatoms. The van der Waals surface area contributed by atoms with Crippen molar-refractivity contribution in [2.75, 3.05) is 25.7 Å². The van der Waals surface area contributed by atoms with Crippen LogP contribution in [-0.2, 0) is 28.6 Å². The second kappa shape index (κ2) is 6.31. The monoisotopic (exact) mass is 302 g/mol. The van der Waals surface area contributed by atoms with Gasteiger partial charge in [0.2, 0.25) is 0 Å². The molecule has 0 aromatic rings. The van der Waals surface area contributed by atoms with Crippen molar-refractivity contribution in [1.29, 1.82) is 0 Å². The summed E-state index contributed by atoms with van der Waals surface area (Å²) < 4.78 is 53.1. The summed E-state index contributed by atoms with van der Waals surface area (Å²) >= 11 is 0. The molecule has 0 spiro atoms. The van der Waals surface area contributed by atoms with Gasteiger partial charge in [0.05, 0.1) is 25.7 Å². The van der Waals surface area contributed by atoms with Gasteiger partial charge in [-0.2, -0.15) is 16.8 Å². The van der Waals surface area contributed by atoms with Crippen LogP contribution in [0.5, 0.6) is 0 Å². The van der Waals surface area contributed by atoms with E-state index in [2.05, 4.69) is 0 Å². The molecule has 0 aliphatic heterocycles. The molecule has 0 heterocycles. The zero-order valence-electron chi connectivity index (χ0n) is 11.5. The fraction of sp³-hybridized carbons (Fsp3) is 1.00. The van der Waals surface area contributed by atoms with Gasteiger partial charge in [-0.15, -0.1) is 0 Å². The lowest BCUT2D eigenvalue weighted by atomic mass is 9.85. The molecule has 0 atom stereocenters. The third-order valence-electron chi connectivity index (χ3n) is 1.94. The van der Waals surface area contributed by atoms with Crippen molar-refractivity contribution in [2.24, 2.45) is 11.3 Å². The standard InChI is InChI=1S/C10H22O6S2/c1-10(2,3)6-9(7-15-17(4,11)12)8-16-18(5,13)14/h9H,6-8H2,1-5H3. The van der Waals surface area contributed by atoms with Crippen LogP contribution in [0.25, 0.3) is 0 Å². The van der Waals surface area contributed by atoms with Crippen molar-refractivity contribution in [2.45, 2.75) is 27.2 Å². The van der Waals surface area contributed by atoms with Crippen LogP contribution >= 0.6 is 0 Å². The van der Waals surface area contributed by atoms with Gasteiger partial charge in [0, 0.05) is 5.92 Å². The van der Waals surface area contributed by atoms with E-state index in [1.807, 2.05) is 20.8 Å². The van der Waals surface area contributed by atoms with Crippen molar-refractivity contribution in [1.82, 2.24) is 0 Å². The normalized spacial score (nSPS) is 14.1. The molecule has 0 aliphatic rings. The smallest absolute Gasteiger partial charge is 0.264 e. The van der Waals surface area contributed by atoms with Gasteiger partial charge < -0.3 is 0 Å². The van der Waals surface area contributed by atoms with Crippen LogP contribution in [0.3, 0.4) is 0 Å². The zero-order chi connectivity index (χ0) is 14.6. The Bertz CT molecular complexity index is 407. The maximum atomic E-state index is 10.9. The van der Waals surface area contributed by atoms with E-state index in [1.54, 1.807) is 0 Å². The maximum Gasteiger partial charge on any atom is 0.264 e. The minimum absolute atomic E-state index is 0.0770. The van der Waals surface area contributed by atoms with Gasteiger partial charge >= 0.3 is 0 Å². The number of rotatable bonds is 7. The van der Waals surface area contributed by atoms with E-state index in [9.17, 15) is 16.8 Å². The first kappa shape index (κ1) is 17.8. The molecule has 110 valence electrons. The van der Waals surface area contributed by atoms with Crippen LogP contribution in [0.15, 0.2) is 0 Å². The van der Waals surface area contributed by atoms with Gasteiger partial charge in [-0.3, -0.25) is 8.37 Å². The average molecular weight is 302 g/mol. The molecule has 0 saturated carbocycles. The second-order valence-corrected chi connectivity index (χ2v) is 8.90. The largest absolute Gasteiger partial charge is 0.270 e. The van der Waals surface area contributed by atoms with Gasteiger partial charge in [-0.25, -0.2) is 0 Å². The van der Waals surface area contributed by atoms with Gasteiger partial charge in [0.15, 0.2) is 0 Å². The first-order valence-corrected chi connectivity index (χ1v) is 9.11. The Hall–Kier alpha value is -0.180. The number of hydrogen-bond acceptors (Lipinski definition) is 6. The van der Waals surface area contributed by atoms with E-state index in [1.165, 1.54) is 0 Å². The first-order chi connectivity index (χ1) is 7.79. The highest BCUT2D eigenvalue weighted by atomic mass is 32.2. The van der Waals surface area contributed by atoms with Gasteiger partial charge in [-0.05, 0) is 11.8 Å². The molecule has 0 fully saturated rings. The summed E-state index contributed by atoms with van der Waals surface area (Å²) in [6.07, 6.45) is 2.51. The Kier molecular flexibility index (Phi) is 6.25. The molecule has 0 saturated heterocycles. The molecule has 0 amide bonds. The highest BCUT2D eigenvalue weighted by molar-refractivity contribution is 7.86. The predicted octanol–water partition coefficient (Wildman–Crippen LogP) is 0.991. The fourth-order valence-electron chi connectivity index (χ4n) is 1.47. The Morgan fingerprint density at radius 2 is 1.22 bits per heavy atom. The zero-order valence-corrected chi connectivity index (χ0v) is 13.1. The first-order valence-electron chi connectivity index (χ1n) is 5.47. The molecule has 0 radical (unpaired) electrons. The SMILES string of the molecule is CC(C)(C)CC(COS(C)(=O)=O)COS(C)(=O)=O. The molecular formula is C10H22O6S2. The lowest BCUT2D eigenvalue weighted by Crippen LogP contribution is -2.25. The maximum absolute atomic E-state index is 10.9. The minimum atomic E-state index is -3.53. The highest BCUT2D eigenvalue weighted by Gasteiger charge is 2.22. The Balaban J connectivity index is 4.53. The topological polar surface area (TPSA) is 86.7 Å². The van der Waals surface area contributed by atoms with E-state index >= 15 is 0 Å². The van der Waals surface area contributed by atoms with Crippen molar-refractivity contribution in [3.63, 3.8) is 0 Å². The Morgan fingerprint density at radius 1 is 0.889 bits per heavy atom. The predicted molar refractivity (Wildman–Crippen MR) is 69.2 cm³/mol. The van der Waals surface area contributed by atoms with E-state index in [4.69, 9.17) is 8.37 Å². The van der Waals surface area contributed by atoms with Crippen molar-refractivity contribution >= 4 is 20.2 Å². The summed E-state index contributed by atoms with van der Waals surface area (Å²) in [7, 11) is -7.07. The van der Waals surface area contributed by atoms with E-state index in [-0.39, 0.29) is 24.5 Å². The second-order valence-electron chi connectivity index (χ2n) is 5.61. The summed E-state index contributed by atoms with van der Waals surface area (Å²) in [6.45, 7) is 5.76. The fourth-order valence-corrected chi connectivity index (χ4v) is 2.35. The van der Waals surface area contributed by atoms with Crippen LogP contribution in [0.4, 0.5) is 0 Å². The van der Waals surface area contributed by atoms with Gasteiger partial charge in [-0.1, -0.05) is 20.8 Å². The highest BCUT2D eigenvalue weighted by Crippen LogP contribution is 2.25. The lowest BCUT2D eigenvalue weighted by Gasteiger charge is -2.25.